The maximum atomic E-state index is 12.3. The van der Waals surface area contributed by atoms with E-state index in [9.17, 15) is 9.59 Å². The highest BCUT2D eigenvalue weighted by Crippen LogP contribution is 2.31. The number of aryl methyl sites for hydroxylation is 2. The molecule has 0 saturated carbocycles. The van der Waals surface area contributed by atoms with E-state index in [1.54, 1.807) is 16.5 Å². The van der Waals surface area contributed by atoms with E-state index in [4.69, 9.17) is 0 Å². The maximum Gasteiger partial charge on any atom is 0.252 e. The van der Waals surface area contributed by atoms with Crippen LogP contribution >= 0.6 is 11.8 Å². The molecule has 1 aliphatic heterocycles. The van der Waals surface area contributed by atoms with Gasteiger partial charge in [0.15, 0.2) is 5.78 Å². The molecule has 1 atom stereocenters. The molecule has 1 aromatic carbocycles. The standard InChI is InChI=1S/C14H15NO2S/c1-9-5-4-6-10(2)12(9)15-7-8-18-13(11(3)16)14(15)17/h4-8,13H,1-3H3. The van der Waals surface area contributed by atoms with Crippen LogP contribution in [0.5, 0.6) is 0 Å². The summed E-state index contributed by atoms with van der Waals surface area (Å²) in [7, 11) is 0. The molecule has 0 N–H and O–H groups in total. The lowest BCUT2D eigenvalue weighted by Crippen LogP contribution is -2.40. The molecule has 0 fully saturated rings. The van der Waals surface area contributed by atoms with Crippen LogP contribution in [0.4, 0.5) is 5.69 Å². The molecule has 4 heteroatoms. The Morgan fingerprint density at radius 2 is 1.89 bits per heavy atom. The normalized spacial score (nSPS) is 19.2. The highest BCUT2D eigenvalue weighted by molar-refractivity contribution is 8.04. The Bertz CT molecular complexity index is 516. The van der Waals surface area contributed by atoms with E-state index in [0.29, 0.717) is 0 Å². The number of nitrogens with zero attached hydrogens (tertiary/aromatic N) is 1. The number of carbonyl (C=O) groups excluding carboxylic acids is 2. The Hall–Kier alpha value is -1.55. The second kappa shape index (κ2) is 4.98. The van der Waals surface area contributed by atoms with Gasteiger partial charge < -0.3 is 0 Å². The van der Waals surface area contributed by atoms with Gasteiger partial charge in [-0.05, 0) is 37.3 Å². The summed E-state index contributed by atoms with van der Waals surface area (Å²) in [5.74, 6) is -0.266. The molecule has 1 unspecified atom stereocenters. The fourth-order valence-corrected chi connectivity index (χ4v) is 2.84. The predicted molar refractivity (Wildman–Crippen MR) is 74.6 cm³/mol. The summed E-state index contributed by atoms with van der Waals surface area (Å²) >= 11 is 1.27. The Morgan fingerprint density at radius 1 is 1.28 bits per heavy atom. The highest BCUT2D eigenvalue weighted by atomic mass is 32.2. The van der Waals surface area contributed by atoms with Crippen molar-refractivity contribution in [2.24, 2.45) is 0 Å². The summed E-state index contributed by atoms with van der Waals surface area (Å²) in [6, 6.07) is 5.89. The van der Waals surface area contributed by atoms with Gasteiger partial charge in [-0.3, -0.25) is 14.5 Å². The fraction of sp³-hybridized carbons (Fsp3) is 0.286. The third kappa shape index (κ3) is 2.20. The number of hydrogen-bond donors (Lipinski definition) is 0. The number of ketones is 1. The molecule has 94 valence electrons. The first-order valence-corrected chi connectivity index (χ1v) is 6.68. The molecular formula is C14H15NO2S. The Morgan fingerprint density at radius 3 is 2.44 bits per heavy atom. The lowest BCUT2D eigenvalue weighted by molar-refractivity contribution is -0.124. The van der Waals surface area contributed by atoms with Crippen LogP contribution < -0.4 is 4.90 Å². The van der Waals surface area contributed by atoms with Gasteiger partial charge in [0, 0.05) is 6.20 Å². The second-order valence-corrected chi connectivity index (χ2v) is 5.38. The quantitative estimate of drug-likeness (QED) is 0.768. The van der Waals surface area contributed by atoms with E-state index in [1.165, 1.54) is 18.7 Å². The second-order valence-electron chi connectivity index (χ2n) is 4.36. The van der Waals surface area contributed by atoms with Gasteiger partial charge in [-0.2, -0.15) is 0 Å². The summed E-state index contributed by atoms with van der Waals surface area (Å²) in [6.07, 6.45) is 1.74. The number of Topliss-reactive ketones (excluding diaryl/α,β-unsaturated/α-hetero) is 1. The smallest absolute Gasteiger partial charge is 0.252 e. The molecule has 1 aromatic rings. The minimum absolute atomic E-state index is 0.106. The molecule has 18 heavy (non-hydrogen) atoms. The van der Waals surface area contributed by atoms with Gasteiger partial charge in [-0.15, -0.1) is 11.8 Å². The van der Waals surface area contributed by atoms with Crippen molar-refractivity contribution in [3.63, 3.8) is 0 Å². The molecule has 2 rings (SSSR count). The van der Waals surface area contributed by atoms with Crippen molar-refractivity contribution < 1.29 is 9.59 Å². The minimum atomic E-state index is -0.617. The van der Waals surface area contributed by atoms with Crippen molar-refractivity contribution in [3.05, 3.63) is 40.9 Å². The van der Waals surface area contributed by atoms with Crippen LogP contribution in [0.25, 0.3) is 0 Å². The molecule has 3 nitrogen and oxygen atoms in total. The lowest BCUT2D eigenvalue weighted by atomic mass is 10.1. The zero-order chi connectivity index (χ0) is 13.3. The van der Waals surface area contributed by atoms with E-state index in [2.05, 4.69) is 0 Å². The molecule has 1 amide bonds. The van der Waals surface area contributed by atoms with Gasteiger partial charge in [0.2, 0.25) is 0 Å². The van der Waals surface area contributed by atoms with Crippen LogP contribution in [0.15, 0.2) is 29.8 Å². The van der Waals surface area contributed by atoms with Gasteiger partial charge in [0.05, 0.1) is 5.69 Å². The lowest BCUT2D eigenvalue weighted by Gasteiger charge is -2.28. The van der Waals surface area contributed by atoms with Crippen LogP contribution in [-0.2, 0) is 9.59 Å². The van der Waals surface area contributed by atoms with Crippen molar-refractivity contribution in [3.8, 4) is 0 Å². The Balaban J connectivity index is 2.45. The summed E-state index contributed by atoms with van der Waals surface area (Å²) in [6.45, 7) is 5.39. The fourth-order valence-electron chi connectivity index (χ4n) is 2.07. The predicted octanol–water partition coefficient (Wildman–Crippen LogP) is 2.81. The Labute approximate surface area is 111 Å². The summed E-state index contributed by atoms with van der Waals surface area (Å²) in [4.78, 5) is 25.3. The highest BCUT2D eigenvalue weighted by Gasteiger charge is 2.31. The van der Waals surface area contributed by atoms with Gasteiger partial charge in [0.25, 0.3) is 5.91 Å². The third-order valence-electron chi connectivity index (χ3n) is 2.94. The SMILES string of the molecule is CC(=O)C1SC=CN(c2c(C)cccc2C)C1=O. The summed E-state index contributed by atoms with van der Waals surface area (Å²) in [5, 5.41) is 1.19. The molecule has 1 heterocycles. The van der Waals surface area contributed by atoms with Crippen molar-refractivity contribution in [2.75, 3.05) is 4.90 Å². The first kappa shape index (κ1) is 12.9. The molecule has 0 saturated heterocycles. The number of amides is 1. The third-order valence-corrected chi connectivity index (χ3v) is 4.02. The van der Waals surface area contributed by atoms with Gasteiger partial charge in [-0.25, -0.2) is 0 Å². The molecule has 0 spiro atoms. The van der Waals surface area contributed by atoms with Crippen molar-refractivity contribution >= 4 is 29.1 Å². The molecule has 0 aromatic heterocycles. The van der Waals surface area contributed by atoms with E-state index < -0.39 is 5.25 Å². The number of para-hydroxylation sites is 1. The largest absolute Gasteiger partial charge is 0.298 e. The maximum absolute atomic E-state index is 12.3. The number of thioether (sulfide) groups is 1. The number of rotatable bonds is 2. The van der Waals surface area contributed by atoms with Crippen molar-refractivity contribution in [1.29, 1.82) is 0 Å². The molecule has 0 aliphatic carbocycles. The van der Waals surface area contributed by atoms with Crippen LogP contribution in [0.2, 0.25) is 0 Å². The summed E-state index contributed by atoms with van der Waals surface area (Å²) in [5.41, 5.74) is 2.94. The van der Waals surface area contributed by atoms with E-state index >= 15 is 0 Å². The van der Waals surface area contributed by atoms with Crippen LogP contribution in [0.3, 0.4) is 0 Å². The van der Waals surface area contributed by atoms with Crippen LogP contribution in [-0.4, -0.2) is 16.9 Å². The number of anilines is 1. The van der Waals surface area contributed by atoms with Gasteiger partial charge in [-0.1, -0.05) is 18.2 Å². The molecule has 1 aliphatic rings. The first-order valence-electron chi connectivity index (χ1n) is 5.74. The molecular weight excluding hydrogens is 246 g/mol. The zero-order valence-electron chi connectivity index (χ0n) is 10.6. The topological polar surface area (TPSA) is 37.4 Å². The summed E-state index contributed by atoms with van der Waals surface area (Å²) < 4.78 is 0. The molecule has 0 bridgehead atoms. The molecule has 0 radical (unpaired) electrons. The van der Waals surface area contributed by atoms with Crippen molar-refractivity contribution in [2.45, 2.75) is 26.0 Å². The number of hydrogen-bond acceptors (Lipinski definition) is 3. The first-order chi connectivity index (χ1) is 8.52. The monoisotopic (exact) mass is 261 g/mol. The van der Waals surface area contributed by atoms with E-state index in [-0.39, 0.29) is 11.7 Å². The number of carbonyl (C=O) groups is 2. The van der Waals surface area contributed by atoms with Crippen molar-refractivity contribution in [1.82, 2.24) is 0 Å². The van der Waals surface area contributed by atoms with Crippen LogP contribution in [0.1, 0.15) is 18.1 Å². The van der Waals surface area contributed by atoms with Crippen LogP contribution in [0, 0.1) is 13.8 Å². The van der Waals surface area contributed by atoms with Gasteiger partial charge in [0.1, 0.15) is 5.25 Å². The van der Waals surface area contributed by atoms with E-state index in [1.807, 2.05) is 32.0 Å². The average Bonchev–Trinajstić information content (AvgIpc) is 2.30. The average molecular weight is 261 g/mol. The van der Waals surface area contributed by atoms with Gasteiger partial charge >= 0.3 is 0 Å². The van der Waals surface area contributed by atoms with E-state index in [0.717, 1.165) is 16.8 Å². The number of benzene rings is 1. The zero-order valence-corrected chi connectivity index (χ0v) is 11.5. The minimum Gasteiger partial charge on any atom is -0.298 e. The Kier molecular flexibility index (Phi) is 3.57.